The molecule has 0 amide bonds. The van der Waals surface area contributed by atoms with Crippen molar-refractivity contribution in [2.45, 2.75) is 26.7 Å². The van der Waals surface area contributed by atoms with E-state index in [1.807, 2.05) is 33.0 Å². The number of benzene rings is 1. The molecule has 2 aromatic heterocycles. The Kier molecular flexibility index (Phi) is 4.25. The van der Waals surface area contributed by atoms with Crippen LogP contribution in [0.2, 0.25) is 0 Å². The summed E-state index contributed by atoms with van der Waals surface area (Å²) in [7, 11) is 2.04. The van der Waals surface area contributed by atoms with E-state index in [1.54, 1.807) is 12.3 Å². The van der Waals surface area contributed by atoms with Crippen molar-refractivity contribution in [3.8, 4) is 0 Å². The Morgan fingerprint density at radius 2 is 2.00 bits per heavy atom. The molecule has 5 heteroatoms. The van der Waals surface area contributed by atoms with E-state index < -0.39 is 0 Å². The van der Waals surface area contributed by atoms with Crippen LogP contribution in [0.4, 0.5) is 5.69 Å². The lowest BCUT2D eigenvalue weighted by atomic mass is 10.1. The summed E-state index contributed by atoms with van der Waals surface area (Å²) in [4.78, 5) is 17.8. The molecule has 0 unspecified atom stereocenters. The first kappa shape index (κ1) is 16.1. The van der Waals surface area contributed by atoms with E-state index in [4.69, 9.17) is 4.98 Å². The summed E-state index contributed by atoms with van der Waals surface area (Å²) in [6, 6.07) is 3.98. The van der Waals surface area contributed by atoms with Gasteiger partial charge in [0.15, 0.2) is 0 Å². The molecule has 0 saturated carbocycles. The van der Waals surface area contributed by atoms with Gasteiger partial charge in [-0.1, -0.05) is 12.7 Å². The molecule has 5 nitrogen and oxygen atoms in total. The zero-order valence-electron chi connectivity index (χ0n) is 14.4. The number of aliphatic imine (C=N–C) groups is 1. The summed E-state index contributed by atoms with van der Waals surface area (Å²) in [5.74, 6) is 1.01. The minimum absolute atomic E-state index is 0.803. The Hall–Kier alpha value is -2.82. The minimum atomic E-state index is 0.803. The zero-order valence-corrected chi connectivity index (χ0v) is 14.4. The van der Waals surface area contributed by atoms with Gasteiger partial charge in [-0.05, 0) is 39.1 Å². The third-order valence-electron chi connectivity index (χ3n) is 4.30. The van der Waals surface area contributed by atoms with Crippen LogP contribution in [0.5, 0.6) is 0 Å². The van der Waals surface area contributed by atoms with Crippen LogP contribution >= 0.6 is 0 Å². The zero-order chi connectivity index (χ0) is 17.3. The molecule has 0 atom stereocenters. The average molecular weight is 319 g/mol. The lowest BCUT2D eigenvalue weighted by molar-refractivity contribution is 0.764. The summed E-state index contributed by atoms with van der Waals surface area (Å²) < 4.78 is 2.12. The summed E-state index contributed by atoms with van der Waals surface area (Å²) >= 11 is 0. The molecule has 2 heterocycles. The molecular formula is C19H21N5. The van der Waals surface area contributed by atoms with E-state index in [2.05, 4.69) is 32.8 Å². The minimum Gasteiger partial charge on any atom is -0.331 e. The van der Waals surface area contributed by atoms with E-state index in [0.29, 0.717) is 0 Å². The van der Waals surface area contributed by atoms with Gasteiger partial charge >= 0.3 is 0 Å². The maximum Gasteiger partial charge on any atom is 0.110 e. The predicted octanol–water partition coefficient (Wildman–Crippen LogP) is 3.74. The summed E-state index contributed by atoms with van der Waals surface area (Å²) in [6.07, 6.45) is 5.21. The lowest BCUT2D eigenvalue weighted by Gasteiger charge is -2.06. The van der Waals surface area contributed by atoms with Gasteiger partial charge in [0.2, 0.25) is 0 Å². The van der Waals surface area contributed by atoms with Gasteiger partial charge < -0.3 is 4.57 Å². The standard InChI is InChI=1S/C19H21N5/c1-6-14-16(20-4)7-9-17-19(14)23-18(24(17)5)10-8-15-13(3)21-11-12(2)22-15/h6-7,9,11H,1,4,8,10H2,2-3,5H3. The highest BCUT2D eigenvalue weighted by molar-refractivity contribution is 5.91. The molecule has 0 aliphatic heterocycles. The number of fused-ring (bicyclic) bond motifs is 1. The third-order valence-corrected chi connectivity index (χ3v) is 4.30. The molecule has 0 aliphatic carbocycles. The Morgan fingerprint density at radius 1 is 1.21 bits per heavy atom. The van der Waals surface area contributed by atoms with Crippen molar-refractivity contribution in [3.05, 3.63) is 53.4 Å². The first-order valence-corrected chi connectivity index (χ1v) is 7.91. The molecule has 0 radical (unpaired) electrons. The van der Waals surface area contributed by atoms with Crippen LogP contribution < -0.4 is 0 Å². The van der Waals surface area contributed by atoms with Crippen LogP contribution in [0.15, 0.2) is 29.9 Å². The maximum atomic E-state index is 4.81. The number of nitrogens with zero attached hydrogens (tertiary/aromatic N) is 5. The van der Waals surface area contributed by atoms with Crippen LogP contribution in [-0.4, -0.2) is 26.2 Å². The van der Waals surface area contributed by atoms with E-state index in [-0.39, 0.29) is 0 Å². The van der Waals surface area contributed by atoms with Crippen molar-refractivity contribution < 1.29 is 0 Å². The molecule has 3 aromatic rings. The first-order valence-electron chi connectivity index (χ1n) is 7.91. The Morgan fingerprint density at radius 3 is 2.71 bits per heavy atom. The van der Waals surface area contributed by atoms with E-state index in [9.17, 15) is 0 Å². The highest BCUT2D eigenvalue weighted by atomic mass is 15.1. The van der Waals surface area contributed by atoms with Gasteiger partial charge in [0.05, 0.1) is 33.8 Å². The van der Waals surface area contributed by atoms with Gasteiger partial charge in [0, 0.05) is 25.2 Å². The number of hydrogen-bond donors (Lipinski definition) is 0. The second-order valence-electron chi connectivity index (χ2n) is 5.86. The van der Waals surface area contributed by atoms with Crippen molar-refractivity contribution >= 4 is 29.5 Å². The fraction of sp³-hybridized carbons (Fsp3) is 0.263. The fourth-order valence-corrected chi connectivity index (χ4v) is 2.93. The largest absolute Gasteiger partial charge is 0.331 e. The second-order valence-corrected chi connectivity index (χ2v) is 5.86. The number of hydrogen-bond acceptors (Lipinski definition) is 4. The molecule has 0 spiro atoms. The first-order chi connectivity index (χ1) is 11.5. The Labute approximate surface area is 141 Å². The van der Waals surface area contributed by atoms with Gasteiger partial charge in [0.25, 0.3) is 0 Å². The molecule has 0 aliphatic rings. The van der Waals surface area contributed by atoms with Crippen LogP contribution in [0.1, 0.15) is 28.5 Å². The van der Waals surface area contributed by atoms with Crippen LogP contribution in [0, 0.1) is 13.8 Å². The van der Waals surface area contributed by atoms with Gasteiger partial charge in [-0.15, -0.1) is 0 Å². The fourth-order valence-electron chi connectivity index (χ4n) is 2.93. The maximum absolute atomic E-state index is 4.81. The summed E-state index contributed by atoms with van der Waals surface area (Å²) in [6.45, 7) is 11.5. The smallest absolute Gasteiger partial charge is 0.110 e. The second kappa shape index (κ2) is 6.35. The van der Waals surface area contributed by atoms with E-state index in [0.717, 1.165) is 58.0 Å². The lowest BCUT2D eigenvalue weighted by Crippen LogP contribution is -2.05. The molecule has 24 heavy (non-hydrogen) atoms. The number of aryl methyl sites for hydroxylation is 5. The topological polar surface area (TPSA) is 56.0 Å². The average Bonchev–Trinajstić information content (AvgIpc) is 2.91. The molecule has 0 N–H and O–H groups in total. The van der Waals surface area contributed by atoms with Crippen molar-refractivity contribution in [2.75, 3.05) is 0 Å². The van der Waals surface area contributed by atoms with Gasteiger partial charge in [-0.3, -0.25) is 15.0 Å². The number of imidazole rings is 1. The van der Waals surface area contributed by atoms with Gasteiger partial charge in [-0.2, -0.15) is 0 Å². The molecule has 3 rings (SSSR count). The predicted molar refractivity (Wildman–Crippen MR) is 98.9 cm³/mol. The third kappa shape index (κ3) is 2.73. The highest BCUT2D eigenvalue weighted by Gasteiger charge is 2.13. The van der Waals surface area contributed by atoms with Crippen molar-refractivity contribution in [1.82, 2.24) is 19.5 Å². The van der Waals surface area contributed by atoms with Gasteiger partial charge in [0.1, 0.15) is 5.82 Å². The molecule has 0 fully saturated rings. The van der Waals surface area contributed by atoms with E-state index in [1.165, 1.54) is 0 Å². The highest BCUT2D eigenvalue weighted by Crippen LogP contribution is 2.29. The van der Waals surface area contributed by atoms with Crippen molar-refractivity contribution in [1.29, 1.82) is 0 Å². The SMILES string of the molecule is C=Cc1c(N=C)ccc2c1nc(CCc1nc(C)cnc1C)n2C. The monoisotopic (exact) mass is 319 g/mol. The Balaban J connectivity index is 1.98. The van der Waals surface area contributed by atoms with Gasteiger partial charge in [-0.25, -0.2) is 4.98 Å². The summed E-state index contributed by atoms with van der Waals surface area (Å²) in [5.41, 5.74) is 6.66. The molecule has 122 valence electrons. The molecule has 0 saturated heterocycles. The quantitative estimate of drug-likeness (QED) is 0.673. The number of rotatable bonds is 5. The number of aromatic nitrogens is 4. The molecular weight excluding hydrogens is 298 g/mol. The molecule has 1 aromatic carbocycles. The van der Waals surface area contributed by atoms with Crippen molar-refractivity contribution in [3.63, 3.8) is 0 Å². The molecule has 0 bridgehead atoms. The Bertz CT molecular complexity index is 937. The normalized spacial score (nSPS) is 11.0. The van der Waals surface area contributed by atoms with E-state index >= 15 is 0 Å². The van der Waals surface area contributed by atoms with Crippen LogP contribution in [-0.2, 0) is 19.9 Å². The van der Waals surface area contributed by atoms with Crippen LogP contribution in [0.3, 0.4) is 0 Å². The van der Waals surface area contributed by atoms with Crippen molar-refractivity contribution in [2.24, 2.45) is 12.0 Å². The van der Waals surface area contributed by atoms with Crippen LogP contribution in [0.25, 0.3) is 17.1 Å². The summed E-state index contributed by atoms with van der Waals surface area (Å²) in [5, 5.41) is 0.